The molecule has 0 spiro atoms. The number of hydrogen-bond acceptors (Lipinski definition) is 4. The van der Waals surface area contributed by atoms with Crippen molar-refractivity contribution in [1.29, 1.82) is 0 Å². The summed E-state index contributed by atoms with van der Waals surface area (Å²) in [6, 6.07) is 7.96. The summed E-state index contributed by atoms with van der Waals surface area (Å²) in [4.78, 5) is 24.0. The van der Waals surface area contributed by atoms with Crippen molar-refractivity contribution >= 4 is 17.1 Å². The lowest BCUT2D eigenvalue weighted by Crippen LogP contribution is -2.23. The Morgan fingerprint density at radius 1 is 1.18 bits per heavy atom. The number of nitrogens with one attached hydrogen (secondary N) is 1. The number of aryl methyl sites for hydroxylation is 1. The van der Waals surface area contributed by atoms with Gasteiger partial charge >= 0.3 is 0 Å². The molecule has 6 nitrogen and oxygen atoms in total. The number of imidazole rings is 1. The van der Waals surface area contributed by atoms with Crippen molar-refractivity contribution in [1.82, 2.24) is 24.8 Å². The van der Waals surface area contributed by atoms with E-state index in [0.717, 1.165) is 28.1 Å². The summed E-state index contributed by atoms with van der Waals surface area (Å²) in [6.45, 7) is 5.39. The summed E-state index contributed by atoms with van der Waals surface area (Å²) in [5.74, 6) is -0.0376. The maximum atomic E-state index is 11.1. The van der Waals surface area contributed by atoms with Crippen LogP contribution in [0.3, 0.4) is 0 Å². The van der Waals surface area contributed by atoms with Crippen LogP contribution in [0.2, 0.25) is 0 Å². The fourth-order valence-corrected chi connectivity index (χ4v) is 2.45. The van der Waals surface area contributed by atoms with E-state index in [9.17, 15) is 4.79 Å². The summed E-state index contributed by atoms with van der Waals surface area (Å²) in [6.07, 6.45) is 3.29. The second-order valence-electron chi connectivity index (χ2n) is 5.26. The van der Waals surface area contributed by atoms with E-state index >= 15 is 0 Å². The number of hydrogen-bond donors (Lipinski definition) is 1. The molecule has 0 radical (unpaired) electrons. The van der Waals surface area contributed by atoms with E-state index in [0.29, 0.717) is 0 Å². The van der Waals surface area contributed by atoms with Crippen molar-refractivity contribution in [2.45, 2.75) is 26.8 Å². The largest absolute Gasteiger partial charge is 0.350 e. The topological polar surface area (TPSA) is 72.7 Å². The Morgan fingerprint density at radius 2 is 1.91 bits per heavy atom. The zero-order chi connectivity index (χ0) is 15.7. The van der Waals surface area contributed by atoms with Crippen molar-refractivity contribution < 1.29 is 4.79 Å². The average molecular weight is 295 g/mol. The van der Waals surface area contributed by atoms with Crippen molar-refractivity contribution in [3.05, 3.63) is 48.2 Å². The Hall–Kier alpha value is -2.76. The normalized spacial score (nSPS) is 12.3. The molecule has 0 aliphatic rings. The number of aromatic nitrogens is 4. The summed E-state index contributed by atoms with van der Waals surface area (Å²) < 4.78 is 1.93. The first-order valence-corrected chi connectivity index (χ1v) is 7.08. The number of rotatable bonds is 3. The lowest BCUT2D eigenvalue weighted by Gasteiger charge is -2.13. The molecular formula is C16H17N5O. The average Bonchev–Trinajstić information content (AvgIpc) is 2.92. The first-order valence-electron chi connectivity index (χ1n) is 7.08. The fraction of sp³-hybridized carbons (Fsp3) is 0.250. The molecule has 0 bridgehead atoms. The number of benzene rings is 1. The van der Waals surface area contributed by atoms with Crippen LogP contribution >= 0.6 is 0 Å². The first kappa shape index (κ1) is 14.2. The van der Waals surface area contributed by atoms with Gasteiger partial charge in [0.25, 0.3) is 0 Å². The second-order valence-corrected chi connectivity index (χ2v) is 5.26. The van der Waals surface area contributed by atoms with E-state index in [1.807, 2.05) is 42.7 Å². The van der Waals surface area contributed by atoms with Gasteiger partial charge in [-0.1, -0.05) is 12.1 Å². The summed E-state index contributed by atoms with van der Waals surface area (Å²) in [5.41, 5.74) is 4.47. The van der Waals surface area contributed by atoms with Gasteiger partial charge in [0.05, 0.1) is 11.7 Å². The van der Waals surface area contributed by atoms with Crippen LogP contribution in [0.1, 0.15) is 31.1 Å². The molecule has 0 aliphatic carbocycles. The molecule has 1 atom stereocenters. The third-order valence-electron chi connectivity index (χ3n) is 3.61. The summed E-state index contributed by atoms with van der Waals surface area (Å²) in [5, 5.41) is 2.87. The minimum Gasteiger partial charge on any atom is -0.350 e. The highest BCUT2D eigenvalue weighted by molar-refractivity contribution is 5.75. The first-order chi connectivity index (χ1) is 10.6. The van der Waals surface area contributed by atoms with Crippen molar-refractivity contribution in [2.24, 2.45) is 0 Å². The fourth-order valence-electron chi connectivity index (χ4n) is 2.45. The number of amides is 1. The summed E-state index contributed by atoms with van der Waals surface area (Å²) >= 11 is 0. The Bertz CT molecular complexity index is 822. The molecule has 6 heteroatoms. The van der Waals surface area contributed by atoms with Crippen LogP contribution in [0.15, 0.2) is 36.9 Å². The lowest BCUT2D eigenvalue weighted by atomic mass is 10.1. The lowest BCUT2D eigenvalue weighted by molar-refractivity contribution is -0.119. The SMILES string of the molecule is CC(=O)N[C@@H](C)c1ccc(-n2cnc3c(C)ncnc32)cc1. The number of carbonyl (C=O) groups is 1. The Kier molecular flexibility index (Phi) is 3.58. The highest BCUT2D eigenvalue weighted by Gasteiger charge is 2.10. The van der Waals surface area contributed by atoms with E-state index in [1.54, 1.807) is 12.7 Å². The van der Waals surface area contributed by atoms with Crippen LogP contribution in [0.4, 0.5) is 0 Å². The van der Waals surface area contributed by atoms with Crippen LogP contribution in [-0.4, -0.2) is 25.4 Å². The van der Waals surface area contributed by atoms with Gasteiger partial charge in [0.1, 0.15) is 18.2 Å². The molecule has 3 aromatic rings. The molecular weight excluding hydrogens is 278 g/mol. The van der Waals surface area contributed by atoms with E-state index in [-0.39, 0.29) is 11.9 Å². The molecule has 1 aromatic carbocycles. The van der Waals surface area contributed by atoms with Crippen LogP contribution in [-0.2, 0) is 4.79 Å². The Balaban J connectivity index is 1.95. The highest BCUT2D eigenvalue weighted by atomic mass is 16.1. The molecule has 1 amide bonds. The Morgan fingerprint density at radius 3 is 2.59 bits per heavy atom. The van der Waals surface area contributed by atoms with Crippen LogP contribution in [0.5, 0.6) is 0 Å². The molecule has 3 rings (SSSR count). The molecule has 0 fully saturated rings. The van der Waals surface area contributed by atoms with Gasteiger partial charge in [-0.05, 0) is 31.5 Å². The molecule has 1 N–H and O–H groups in total. The van der Waals surface area contributed by atoms with Crippen molar-refractivity contribution in [3.63, 3.8) is 0 Å². The minimum absolute atomic E-state index is 0.0179. The molecule has 2 heterocycles. The molecule has 2 aromatic heterocycles. The highest BCUT2D eigenvalue weighted by Crippen LogP contribution is 2.20. The van der Waals surface area contributed by atoms with E-state index in [2.05, 4.69) is 20.3 Å². The summed E-state index contributed by atoms with van der Waals surface area (Å²) in [7, 11) is 0. The molecule has 0 unspecified atom stereocenters. The number of nitrogens with zero attached hydrogens (tertiary/aromatic N) is 4. The van der Waals surface area contributed by atoms with Crippen LogP contribution in [0, 0.1) is 6.92 Å². The van der Waals surface area contributed by atoms with Gasteiger partial charge in [0.15, 0.2) is 5.65 Å². The standard InChI is InChI=1S/C16H17N5O/c1-10(20-12(3)22)13-4-6-14(7-5-13)21-9-19-15-11(2)17-8-18-16(15)21/h4-10H,1-3H3,(H,20,22)/t10-/m0/s1. The maximum absolute atomic E-state index is 11.1. The van der Waals surface area contributed by atoms with E-state index in [1.165, 1.54) is 6.92 Å². The van der Waals surface area contributed by atoms with Crippen LogP contribution in [0.25, 0.3) is 16.9 Å². The zero-order valence-electron chi connectivity index (χ0n) is 12.7. The molecule has 0 aliphatic heterocycles. The minimum atomic E-state index is -0.0376. The van der Waals surface area contributed by atoms with Crippen LogP contribution < -0.4 is 5.32 Å². The zero-order valence-corrected chi connectivity index (χ0v) is 12.7. The molecule has 22 heavy (non-hydrogen) atoms. The van der Waals surface area contributed by atoms with E-state index in [4.69, 9.17) is 0 Å². The maximum Gasteiger partial charge on any atom is 0.217 e. The van der Waals surface area contributed by atoms with Gasteiger partial charge in [0.2, 0.25) is 5.91 Å². The van der Waals surface area contributed by atoms with Crippen molar-refractivity contribution in [3.8, 4) is 5.69 Å². The Labute approximate surface area is 128 Å². The quantitative estimate of drug-likeness (QED) is 0.805. The molecule has 0 saturated heterocycles. The molecule has 0 saturated carbocycles. The predicted octanol–water partition coefficient (Wildman–Crippen LogP) is 2.32. The van der Waals surface area contributed by atoms with Gasteiger partial charge in [-0.2, -0.15) is 0 Å². The molecule has 112 valence electrons. The van der Waals surface area contributed by atoms with Crippen molar-refractivity contribution in [2.75, 3.05) is 0 Å². The van der Waals surface area contributed by atoms with Gasteiger partial charge in [-0.25, -0.2) is 15.0 Å². The van der Waals surface area contributed by atoms with E-state index < -0.39 is 0 Å². The van der Waals surface area contributed by atoms with Gasteiger partial charge in [-0.15, -0.1) is 0 Å². The monoisotopic (exact) mass is 295 g/mol. The third kappa shape index (κ3) is 2.55. The van der Waals surface area contributed by atoms with Gasteiger partial charge in [0, 0.05) is 12.6 Å². The number of carbonyl (C=O) groups excluding carboxylic acids is 1. The van der Waals surface area contributed by atoms with Gasteiger partial charge in [-0.3, -0.25) is 9.36 Å². The van der Waals surface area contributed by atoms with Gasteiger partial charge < -0.3 is 5.32 Å². The second kappa shape index (κ2) is 5.55. The number of fused-ring (bicyclic) bond motifs is 1. The smallest absolute Gasteiger partial charge is 0.217 e. The predicted molar refractivity (Wildman–Crippen MR) is 83.6 cm³/mol. The third-order valence-corrected chi connectivity index (χ3v) is 3.61.